The van der Waals surface area contributed by atoms with Crippen LogP contribution in [0.2, 0.25) is 0 Å². The van der Waals surface area contributed by atoms with Gasteiger partial charge in [0.25, 0.3) is 5.91 Å². The first-order valence-corrected chi connectivity index (χ1v) is 8.06. The van der Waals surface area contributed by atoms with Gasteiger partial charge in [-0.05, 0) is 31.2 Å². The topological polar surface area (TPSA) is 41.9 Å². The van der Waals surface area contributed by atoms with Crippen molar-refractivity contribution in [1.29, 1.82) is 0 Å². The van der Waals surface area contributed by atoms with Gasteiger partial charge in [-0.25, -0.2) is 0 Å². The van der Waals surface area contributed by atoms with Crippen LogP contribution in [0, 0.1) is 0 Å². The predicted octanol–water partition coefficient (Wildman–Crippen LogP) is 3.28. The summed E-state index contributed by atoms with van der Waals surface area (Å²) < 4.78 is 0. The van der Waals surface area contributed by atoms with E-state index in [-0.39, 0.29) is 5.91 Å². The molecule has 0 aromatic carbocycles. The standard InChI is InChI=1S/C15H22N2O2S/c1-12(19-16-11-14-9-6-10-20-14)15(18)17(2)13-7-4-3-5-8-13/h6,9-13H,3-5,7-8H2,1-2H3/b16-11+. The lowest BCUT2D eigenvalue weighted by Gasteiger charge is -2.32. The molecule has 20 heavy (non-hydrogen) atoms. The van der Waals surface area contributed by atoms with Crippen molar-refractivity contribution in [2.24, 2.45) is 5.16 Å². The van der Waals surface area contributed by atoms with Gasteiger partial charge in [0.05, 0.1) is 6.21 Å². The molecule has 0 bridgehead atoms. The summed E-state index contributed by atoms with van der Waals surface area (Å²) in [6.07, 6.45) is 7.05. The maximum absolute atomic E-state index is 12.3. The van der Waals surface area contributed by atoms with Gasteiger partial charge >= 0.3 is 0 Å². The number of carbonyl (C=O) groups excluding carboxylic acids is 1. The van der Waals surface area contributed by atoms with Crippen LogP contribution in [0.3, 0.4) is 0 Å². The Kier molecular flexibility index (Phi) is 5.59. The lowest BCUT2D eigenvalue weighted by atomic mass is 9.94. The number of amides is 1. The first-order chi connectivity index (χ1) is 9.68. The van der Waals surface area contributed by atoms with Crippen LogP contribution in [-0.4, -0.2) is 36.2 Å². The van der Waals surface area contributed by atoms with Crippen LogP contribution in [-0.2, 0) is 9.63 Å². The highest BCUT2D eigenvalue weighted by atomic mass is 32.1. The summed E-state index contributed by atoms with van der Waals surface area (Å²) in [6, 6.07) is 4.28. The molecular weight excluding hydrogens is 272 g/mol. The lowest BCUT2D eigenvalue weighted by Crippen LogP contribution is -2.43. The molecule has 1 aromatic heterocycles. The number of oxime groups is 1. The highest BCUT2D eigenvalue weighted by Crippen LogP contribution is 2.22. The third-order valence-electron chi connectivity index (χ3n) is 3.76. The molecule has 1 unspecified atom stereocenters. The Balaban J connectivity index is 1.81. The van der Waals surface area contributed by atoms with Gasteiger partial charge in [-0.3, -0.25) is 4.79 Å². The zero-order chi connectivity index (χ0) is 14.4. The Bertz CT molecular complexity index is 439. The summed E-state index contributed by atoms with van der Waals surface area (Å²) in [5.41, 5.74) is 0. The summed E-state index contributed by atoms with van der Waals surface area (Å²) in [6.45, 7) is 1.76. The van der Waals surface area contributed by atoms with Crippen molar-refractivity contribution in [3.63, 3.8) is 0 Å². The van der Waals surface area contributed by atoms with Crippen LogP contribution < -0.4 is 0 Å². The van der Waals surface area contributed by atoms with Gasteiger partial charge in [0, 0.05) is 18.0 Å². The number of rotatable bonds is 5. The van der Waals surface area contributed by atoms with Crippen LogP contribution in [0.15, 0.2) is 22.7 Å². The van der Waals surface area contributed by atoms with Gasteiger partial charge < -0.3 is 9.74 Å². The van der Waals surface area contributed by atoms with E-state index in [0.717, 1.165) is 17.7 Å². The fourth-order valence-corrected chi connectivity index (χ4v) is 3.09. The third-order valence-corrected chi connectivity index (χ3v) is 4.57. The molecule has 4 nitrogen and oxygen atoms in total. The molecule has 0 N–H and O–H groups in total. The number of hydrogen-bond donors (Lipinski definition) is 0. The third kappa shape index (κ3) is 4.07. The molecule has 0 spiro atoms. The van der Waals surface area contributed by atoms with Crippen molar-refractivity contribution in [3.05, 3.63) is 22.4 Å². The number of likely N-dealkylation sites (N-methyl/N-ethyl adjacent to an activating group) is 1. The molecule has 1 fully saturated rings. The van der Waals surface area contributed by atoms with E-state index >= 15 is 0 Å². The number of hydrogen-bond acceptors (Lipinski definition) is 4. The van der Waals surface area contributed by atoms with Crippen LogP contribution >= 0.6 is 11.3 Å². The summed E-state index contributed by atoms with van der Waals surface area (Å²) >= 11 is 1.59. The molecule has 2 rings (SSSR count). The molecule has 1 aliphatic carbocycles. The van der Waals surface area contributed by atoms with Gasteiger partial charge in [-0.15, -0.1) is 11.3 Å². The van der Waals surface area contributed by atoms with Crippen molar-refractivity contribution in [3.8, 4) is 0 Å². The highest BCUT2D eigenvalue weighted by Gasteiger charge is 2.26. The second kappa shape index (κ2) is 7.43. The van der Waals surface area contributed by atoms with E-state index < -0.39 is 6.10 Å². The van der Waals surface area contributed by atoms with E-state index in [0.29, 0.717) is 6.04 Å². The van der Waals surface area contributed by atoms with E-state index in [1.807, 2.05) is 29.5 Å². The largest absolute Gasteiger partial charge is 0.383 e. The molecule has 0 radical (unpaired) electrons. The summed E-state index contributed by atoms with van der Waals surface area (Å²) in [4.78, 5) is 20.4. The van der Waals surface area contributed by atoms with E-state index in [1.54, 1.807) is 24.5 Å². The van der Waals surface area contributed by atoms with Crippen LogP contribution in [0.5, 0.6) is 0 Å². The second-order valence-corrected chi connectivity index (χ2v) is 6.22. The maximum Gasteiger partial charge on any atom is 0.266 e. The zero-order valence-electron chi connectivity index (χ0n) is 12.1. The SMILES string of the molecule is CC(O/N=C/c1cccs1)C(=O)N(C)C1CCCCC1. The maximum atomic E-state index is 12.3. The number of nitrogens with zero attached hydrogens (tertiary/aromatic N) is 2. The zero-order valence-corrected chi connectivity index (χ0v) is 12.9. The minimum Gasteiger partial charge on any atom is -0.383 e. The average molecular weight is 294 g/mol. The summed E-state index contributed by atoms with van der Waals surface area (Å²) in [5, 5.41) is 5.88. The summed E-state index contributed by atoms with van der Waals surface area (Å²) in [7, 11) is 1.88. The Morgan fingerprint density at radius 2 is 2.25 bits per heavy atom. The van der Waals surface area contributed by atoms with Crippen molar-refractivity contribution in [1.82, 2.24) is 4.90 Å². The Hall–Kier alpha value is -1.36. The smallest absolute Gasteiger partial charge is 0.266 e. The second-order valence-electron chi connectivity index (χ2n) is 5.24. The van der Waals surface area contributed by atoms with E-state index in [1.165, 1.54) is 19.3 Å². The monoisotopic (exact) mass is 294 g/mol. The molecule has 1 atom stereocenters. The quantitative estimate of drug-likeness (QED) is 0.618. The molecule has 1 amide bonds. The van der Waals surface area contributed by atoms with E-state index in [9.17, 15) is 4.79 Å². The molecule has 1 saturated carbocycles. The molecule has 0 aliphatic heterocycles. The normalized spacial score (nSPS) is 18.1. The summed E-state index contributed by atoms with van der Waals surface area (Å²) in [5.74, 6) is 0.0141. The minimum atomic E-state index is -0.530. The van der Waals surface area contributed by atoms with Crippen LogP contribution in [0.4, 0.5) is 0 Å². The van der Waals surface area contributed by atoms with Gasteiger partial charge in [0.2, 0.25) is 6.10 Å². The number of carbonyl (C=O) groups is 1. The fraction of sp³-hybridized carbons (Fsp3) is 0.600. The molecular formula is C15H22N2O2S. The van der Waals surface area contributed by atoms with Gasteiger partial charge in [-0.2, -0.15) is 0 Å². The minimum absolute atomic E-state index is 0.0141. The van der Waals surface area contributed by atoms with Crippen LogP contribution in [0.1, 0.15) is 43.9 Å². The Labute approximate surface area is 124 Å². The first kappa shape index (κ1) is 15.0. The molecule has 1 aromatic rings. The van der Waals surface area contributed by atoms with Gasteiger partial charge in [0.15, 0.2) is 0 Å². The van der Waals surface area contributed by atoms with Gasteiger partial charge in [-0.1, -0.05) is 30.5 Å². The molecule has 0 saturated heterocycles. The average Bonchev–Trinajstić information content (AvgIpc) is 2.99. The van der Waals surface area contributed by atoms with Gasteiger partial charge in [0.1, 0.15) is 0 Å². The Morgan fingerprint density at radius 3 is 2.90 bits per heavy atom. The van der Waals surface area contributed by atoms with Crippen LogP contribution in [0.25, 0.3) is 0 Å². The fourth-order valence-electron chi connectivity index (χ4n) is 2.52. The molecule has 110 valence electrons. The number of thiophene rings is 1. The van der Waals surface area contributed by atoms with E-state index in [2.05, 4.69) is 5.16 Å². The van der Waals surface area contributed by atoms with Crippen molar-refractivity contribution in [2.75, 3.05) is 7.05 Å². The molecule has 5 heteroatoms. The lowest BCUT2D eigenvalue weighted by molar-refractivity contribution is -0.144. The predicted molar refractivity (Wildman–Crippen MR) is 82.1 cm³/mol. The molecule has 1 aliphatic rings. The van der Waals surface area contributed by atoms with Crippen molar-refractivity contribution < 1.29 is 9.63 Å². The van der Waals surface area contributed by atoms with Crippen molar-refractivity contribution in [2.45, 2.75) is 51.2 Å². The first-order valence-electron chi connectivity index (χ1n) is 7.18. The highest BCUT2D eigenvalue weighted by molar-refractivity contribution is 7.11. The Morgan fingerprint density at radius 1 is 1.50 bits per heavy atom. The van der Waals surface area contributed by atoms with E-state index in [4.69, 9.17) is 4.84 Å². The molecule has 1 heterocycles. The van der Waals surface area contributed by atoms with Crippen molar-refractivity contribution >= 4 is 23.5 Å².